The van der Waals surface area contributed by atoms with Crippen LogP contribution in [0.5, 0.6) is 0 Å². The summed E-state index contributed by atoms with van der Waals surface area (Å²) in [5.74, 6) is -0.487. The molecule has 0 saturated heterocycles. The average molecular weight is 306 g/mol. The SMILES string of the molecule is Fc1ccc(CNC(=S)NCCc2cccc(F)c2)cc1. The van der Waals surface area contributed by atoms with Crippen LogP contribution in [-0.2, 0) is 13.0 Å². The molecule has 0 aliphatic heterocycles. The molecule has 2 nitrogen and oxygen atoms in total. The zero-order valence-electron chi connectivity index (χ0n) is 11.4. The Hall–Kier alpha value is -2.01. The quantitative estimate of drug-likeness (QED) is 0.830. The summed E-state index contributed by atoms with van der Waals surface area (Å²) in [7, 11) is 0. The van der Waals surface area contributed by atoms with Crippen LogP contribution in [-0.4, -0.2) is 11.7 Å². The van der Waals surface area contributed by atoms with Gasteiger partial charge in [-0.1, -0.05) is 24.3 Å². The third-order valence-corrected chi connectivity index (χ3v) is 3.24. The molecule has 110 valence electrons. The average Bonchev–Trinajstić information content (AvgIpc) is 2.47. The second-order valence-electron chi connectivity index (χ2n) is 4.62. The van der Waals surface area contributed by atoms with Crippen molar-refractivity contribution in [3.05, 3.63) is 71.3 Å². The zero-order valence-corrected chi connectivity index (χ0v) is 12.2. The predicted octanol–water partition coefficient (Wildman–Crippen LogP) is 3.17. The standard InChI is InChI=1S/C16H16F2N2S/c17-14-6-4-13(5-7-14)11-20-16(21)19-9-8-12-2-1-3-15(18)10-12/h1-7,10H,8-9,11H2,(H2,19,20,21). The van der Waals surface area contributed by atoms with Crippen LogP contribution in [0.15, 0.2) is 48.5 Å². The molecule has 5 heteroatoms. The van der Waals surface area contributed by atoms with Gasteiger partial charge in [-0.25, -0.2) is 8.78 Å². The molecule has 0 aliphatic rings. The maximum absolute atomic E-state index is 13.0. The zero-order chi connectivity index (χ0) is 15.1. The summed E-state index contributed by atoms with van der Waals surface area (Å²) in [6.07, 6.45) is 0.691. The topological polar surface area (TPSA) is 24.1 Å². The molecule has 0 spiro atoms. The first-order chi connectivity index (χ1) is 10.1. The van der Waals surface area contributed by atoms with Crippen molar-refractivity contribution >= 4 is 17.3 Å². The van der Waals surface area contributed by atoms with Crippen molar-refractivity contribution in [2.75, 3.05) is 6.54 Å². The summed E-state index contributed by atoms with van der Waals surface area (Å²) >= 11 is 5.15. The van der Waals surface area contributed by atoms with Crippen LogP contribution in [0.1, 0.15) is 11.1 Å². The van der Waals surface area contributed by atoms with Gasteiger partial charge in [0.25, 0.3) is 0 Å². The highest BCUT2D eigenvalue weighted by molar-refractivity contribution is 7.80. The second-order valence-corrected chi connectivity index (χ2v) is 5.02. The molecule has 0 atom stereocenters. The highest BCUT2D eigenvalue weighted by atomic mass is 32.1. The number of rotatable bonds is 5. The summed E-state index contributed by atoms with van der Waals surface area (Å²) in [6.45, 7) is 1.16. The first-order valence-corrected chi connectivity index (χ1v) is 7.05. The Morgan fingerprint density at radius 2 is 1.67 bits per heavy atom. The fraction of sp³-hybridized carbons (Fsp3) is 0.188. The highest BCUT2D eigenvalue weighted by Gasteiger charge is 1.99. The summed E-state index contributed by atoms with van der Waals surface area (Å²) in [6, 6.07) is 12.7. The largest absolute Gasteiger partial charge is 0.362 e. The van der Waals surface area contributed by atoms with Crippen molar-refractivity contribution < 1.29 is 8.78 Å². The summed E-state index contributed by atoms with van der Waals surface area (Å²) < 4.78 is 25.8. The lowest BCUT2D eigenvalue weighted by Crippen LogP contribution is -2.35. The maximum atomic E-state index is 13.0. The Labute approximate surface area is 128 Å². The lowest BCUT2D eigenvalue weighted by molar-refractivity contribution is 0.625. The van der Waals surface area contributed by atoms with Crippen LogP contribution in [0.2, 0.25) is 0 Å². The Morgan fingerprint density at radius 3 is 2.38 bits per heavy atom. The Morgan fingerprint density at radius 1 is 0.905 bits per heavy atom. The number of halogens is 2. The van der Waals surface area contributed by atoms with Gasteiger partial charge in [0, 0.05) is 13.1 Å². The molecule has 0 bridgehead atoms. The molecule has 0 heterocycles. The number of benzene rings is 2. The molecule has 0 saturated carbocycles. The summed E-state index contributed by atoms with van der Waals surface area (Å²) in [5.41, 5.74) is 1.87. The fourth-order valence-electron chi connectivity index (χ4n) is 1.86. The number of nitrogens with one attached hydrogen (secondary N) is 2. The minimum Gasteiger partial charge on any atom is -0.362 e. The van der Waals surface area contributed by atoms with Crippen molar-refractivity contribution in [1.82, 2.24) is 10.6 Å². The van der Waals surface area contributed by atoms with Gasteiger partial charge in [-0.15, -0.1) is 0 Å². The van der Waals surface area contributed by atoms with E-state index in [9.17, 15) is 8.78 Å². The van der Waals surface area contributed by atoms with E-state index in [0.29, 0.717) is 24.6 Å². The van der Waals surface area contributed by atoms with Crippen molar-refractivity contribution in [3.8, 4) is 0 Å². The van der Waals surface area contributed by atoms with E-state index >= 15 is 0 Å². The molecule has 0 radical (unpaired) electrons. The number of hydrogen-bond acceptors (Lipinski definition) is 1. The van der Waals surface area contributed by atoms with E-state index in [4.69, 9.17) is 12.2 Å². The molecular formula is C16H16F2N2S. The minimum atomic E-state index is -0.255. The molecular weight excluding hydrogens is 290 g/mol. The van der Waals surface area contributed by atoms with Crippen molar-refractivity contribution in [3.63, 3.8) is 0 Å². The third-order valence-electron chi connectivity index (χ3n) is 2.95. The van der Waals surface area contributed by atoms with Gasteiger partial charge in [0.1, 0.15) is 11.6 Å². The van der Waals surface area contributed by atoms with E-state index in [1.807, 2.05) is 6.07 Å². The van der Waals surface area contributed by atoms with Gasteiger partial charge in [0.05, 0.1) is 0 Å². The predicted molar refractivity (Wildman–Crippen MR) is 83.9 cm³/mol. The maximum Gasteiger partial charge on any atom is 0.166 e. The van der Waals surface area contributed by atoms with Gasteiger partial charge in [-0.3, -0.25) is 0 Å². The van der Waals surface area contributed by atoms with E-state index in [1.165, 1.54) is 24.3 Å². The Bertz CT molecular complexity index is 599. The van der Waals surface area contributed by atoms with E-state index in [0.717, 1.165) is 11.1 Å². The second kappa shape index (κ2) is 7.69. The van der Waals surface area contributed by atoms with E-state index in [2.05, 4.69) is 10.6 Å². The normalized spacial score (nSPS) is 10.2. The lowest BCUT2D eigenvalue weighted by atomic mass is 10.1. The van der Waals surface area contributed by atoms with Crippen molar-refractivity contribution in [1.29, 1.82) is 0 Å². The molecule has 21 heavy (non-hydrogen) atoms. The number of hydrogen-bond donors (Lipinski definition) is 2. The summed E-state index contributed by atoms with van der Waals surface area (Å²) in [5, 5.41) is 6.62. The van der Waals surface area contributed by atoms with Gasteiger partial charge in [0.15, 0.2) is 5.11 Å². The lowest BCUT2D eigenvalue weighted by Gasteiger charge is -2.10. The fourth-order valence-corrected chi connectivity index (χ4v) is 2.03. The molecule has 0 aromatic heterocycles. The van der Waals surface area contributed by atoms with E-state index in [-0.39, 0.29) is 11.6 Å². The van der Waals surface area contributed by atoms with Crippen LogP contribution in [0.4, 0.5) is 8.78 Å². The van der Waals surface area contributed by atoms with Crippen LogP contribution >= 0.6 is 12.2 Å². The third kappa shape index (κ3) is 5.47. The molecule has 0 fully saturated rings. The first kappa shape index (κ1) is 15.4. The molecule has 2 aromatic rings. The molecule has 0 amide bonds. The van der Waals surface area contributed by atoms with E-state index < -0.39 is 0 Å². The van der Waals surface area contributed by atoms with E-state index in [1.54, 1.807) is 18.2 Å². The molecule has 2 N–H and O–H groups in total. The van der Waals surface area contributed by atoms with Gasteiger partial charge in [-0.2, -0.15) is 0 Å². The first-order valence-electron chi connectivity index (χ1n) is 6.64. The van der Waals surface area contributed by atoms with Gasteiger partial charge < -0.3 is 10.6 Å². The Kier molecular flexibility index (Phi) is 5.63. The monoisotopic (exact) mass is 306 g/mol. The Balaban J connectivity index is 1.69. The summed E-state index contributed by atoms with van der Waals surface area (Å²) in [4.78, 5) is 0. The molecule has 2 rings (SSSR count). The van der Waals surface area contributed by atoms with Gasteiger partial charge in [0.2, 0.25) is 0 Å². The van der Waals surface area contributed by atoms with Crippen molar-refractivity contribution in [2.24, 2.45) is 0 Å². The highest BCUT2D eigenvalue weighted by Crippen LogP contribution is 2.04. The van der Waals surface area contributed by atoms with Gasteiger partial charge >= 0.3 is 0 Å². The molecule has 0 unspecified atom stereocenters. The van der Waals surface area contributed by atoms with Crippen LogP contribution in [0, 0.1) is 11.6 Å². The van der Waals surface area contributed by atoms with Gasteiger partial charge in [-0.05, 0) is 54.0 Å². The molecule has 2 aromatic carbocycles. The van der Waals surface area contributed by atoms with Crippen molar-refractivity contribution in [2.45, 2.75) is 13.0 Å². The van der Waals surface area contributed by atoms with Crippen LogP contribution < -0.4 is 10.6 Å². The smallest absolute Gasteiger partial charge is 0.166 e. The van der Waals surface area contributed by atoms with Crippen LogP contribution in [0.3, 0.4) is 0 Å². The molecule has 0 aliphatic carbocycles. The number of thiocarbonyl (C=S) groups is 1. The minimum absolute atomic E-state index is 0.232. The van der Waals surface area contributed by atoms with Crippen LogP contribution in [0.25, 0.3) is 0 Å².